The van der Waals surface area contributed by atoms with Gasteiger partial charge in [0.1, 0.15) is 0 Å². The van der Waals surface area contributed by atoms with Crippen molar-refractivity contribution in [3.8, 4) is 0 Å². The Kier molecular flexibility index (Phi) is 3.47. The number of rotatable bonds is 4. The molecular weight excluding hydrogens is 184 g/mol. The lowest BCUT2D eigenvalue weighted by molar-refractivity contribution is 0.295. The zero-order valence-electron chi connectivity index (χ0n) is 8.14. The van der Waals surface area contributed by atoms with Crippen molar-refractivity contribution in [3.05, 3.63) is 0 Å². The molecule has 1 saturated carbocycles. The lowest BCUT2D eigenvalue weighted by Gasteiger charge is -2.32. The average molecular weight is 203 g/mol. The van der Waals surface area contributed by atoms with Crippen molar-refractivity contribution in [2.45, 2.75) is 37.1 Å². The van der Waals surface area contributed by atoms with Crippen LogP contribution in [0, 0.1) is 0 Å². The summed E-state index contributed by atoms with van der Waals surface area (Å²) in [5.74, 6) is 0. The van der Waals surface area contributed by atoms with Gasteiger partial charge in [0.05, 0.1) is 0 Å². The molecular formula is C10H19ClN2. The summed E-state index contributed by atoms with van der Waals surface area (Å²) < 4.78 is 0. The van der Waals surface area contributed by atoms with Gasteiger partial charge in [0.25, 0.3) is 0 Å². The molecule has 0 aromatic heterocycles. The van der Waals surface area contributed by atoms with Gasteiger partial charge in [-0.2, -0.15) is 0 Å². The Balaban J connectivity index is 1.49. The molecule has 13 heavy (non-hydrogen) atoms. The Bertz CT molecular complexity index is 151. The molecule has 0 aromatic rings. The molecule has 1 aliphatic heterocycles. The first-order chi connectivity index (χ1) is 6.34. The molecule has 1 heterocycles. The number of nitrogens with one attached hydrogen (secondary N) is 1. The standard InChI is InChI=1S/C10H19ClN2/c11-9-7-10(8-9)12-3-6-13-4-1-2-5-13/h9-10,12H,1-8H2. The zero-order chi connectivity index (χ0) is 9.10. The second-order valence-corrected chi connectivity index (χ2v) is 4.89. The maximum atomic E-state index is 5.90. The molecule has 2 fully saturated rings. The number of hydrogen-bond acceptors (Lipinski definition) is 2. The maximum absolute atomic E-state index is 5.90. The molecule has 0 radical (unpaired) electrons. The molecule has 2 nitrogen and oxygen atoms in total. The Labute approximate surface area is 85.6 Å². The van der Waals surface area contributed by atoms with Crippen LogP contribution in [0.15, 0.2) is 0 Å². The van der Waals surface area contributed by atoms with Gasteiger partial charge < -0.3 is 10.2 Å². The van der Waals surface area contributed by atoms with Crippen molar-refractivity contribution in [3.63, 3.8) is 0 Å². The average Bonchev–Trinajstić information content (AvgIpc) is 2.53. The molecule has 2 aliphatic rings. The Morgan fingerprint density at radius 1 is 1.23 bits per heavy atom. The Hall–Kier alpha value is 0.210. The van der Waals surface area contributed by atoms with Crippen LogP contribution < -0.4 is 5.32 Å². The van der Waals surface area contributed by atoms with Crippen molar-refractivity contribution < 1.29 is 0 Å². The molecule has 0 bridgehead atoms. The largest absolute Gasteiger partial charge is 0.313 e. The van der Waals surface area contributed by atoms with Crippen LogP contribution in [-0.2, 0) is 0 Å². The van der Waals surface area contributed by atoms with E-state index >= 15 is 0 Å². The summed E-state index contributed by atoms with van der Waals surface area (Å²) in [6.07, 6.45) is 5.13. The topological polar surface area (TPSA) is 15.3 Å². The quantitative estimate of drug-likeness (QED) is 0.695. The summed E-state index contributed by atoms with van der Waals surface area (Å²) in [4.78, 5) is 2.55. The van der Waals surface area contributed by atoms with E-state index in [4.69, 9.17) is 11.6 Å². The minimum atomic E-state index is 0.448. The number of alkyl halides is 1. The van der Waals surface area contributed by atoms with E-state index < -0.39 is 0 Å². The minimum absolute atomic E-state index is 0.448. The molecule has 76 valence electrons. The highest BCUT2D eigenvalue weighted by molar-refractivity contribution is 6.21. The fourth-order valence-electron chi connectivity index (χ4n) is 2.15. The third-order valence-corrected chi connectivity index (χ3v) is 3.50. The second-order valence-electron chi connectivity index (χ2n) is 4.27. The van der Waals surface area contributed by atoms with E-state index in [2.05, 4.69) is 10.2 Å². The van der Waals surface area contributed by atoms with E-state index in [1.807, 2.05) is 0 Å². The van der Waals surface area contributed by atoms with Crippen molar-refractivity contribution in [1.29, 1.82) is 0 Å². The SMILES string of the molecule is ClC1CC(NCCN2CCCC2)C1. The normalized spacial score (nSPS) is 34.8. The summed E-state index contributed by atoms with van der Waals surface area (Å²) >= 11 is 5.90. The fourth-order valence-corrected chi connectivity index (χ4v) is 2.58. The zero-order valence-corrected chi connectivity index (χ0v) is 8.89. The molecule has 1 saturated heterocycles. The van der Waals surface area contributed by atoms with E-state index in [0.29, 0.717) is 11.4 Å². The summed E-state index contributed by atoms with van der Waals surface area (Å²) in [7, 11) is 0. The number of likely N-dealkylation sites (tertiary alicyclic amines) is 1. The smallest absolute Gasteiger partial charge is 0.0365 e. The third-order valence-electron chi connectivity index (χ3n) is 3.14. The molecule has 0 amide bonds. The molecule has 1 N–H and O–H groups in total. The fraction of sp³-hybridized carbons (Fsp3) is 1.00. The van der Waals surface area contributed by atoms with E-state index in [1.165, 1.54) is 45.3 Å². The minimum Gasteiger partial charge on any atom is -0.313 e. The highest BCUT2D eigenvalue weighted by atomic mass is 35.5. The summed E-state index contributed by atoms with van der Waals surface area (Å²) in [5, 5.41) is 4.00. The van der Waals surface area contributed by atoms with E-state index in [-0.39, 0.29) is 0 Å². The lowest BCUT2D eigenvalue weighted by Crippen LogP contribution is -2.44. The van der Waals surface area contributed by atoms with E-state index in [0.717, 1.165) is 6.54 Å². The van der Waals surface area contributed by atoms with Gasteiger partial charge in [-0.15, -0.1) is 11.6 Å². The first-order valence-corrected chi connectivity index (χ1v) is 5.88. The van der Waals surface area contributed by atoms with Crippen LogP contribution in [0.25, 0.3) is 0 Å². The van der Waals surface area contributed by atoms with Gasteiger partial charge in [0.2, 0.25) is 0 Å². The highest BCUT2D eigenvalue weighted by Crippen LogP contribution is 2.24. The van der Waals surface area contributed by atoms with Crippen LogP contribution in [0.3, 0.4) is 0 Å². The van der Waals surface area contributed by atoms with Gasteiger partial charge in [-0.25, -0.2) is 0 Å². The first-order valence-electron chi connectivity index (χ1n) is 5.44. The number of nitrogens with zero attached hydrogens (tertiary/aromatic N) is 1. The van der Waals surface area contributed by atoms with E-state index in [9.17, 15) is 0 Å². The van der Waals surface area contributed by atoms with Crippen LogP contribution in [0.2, 0.25) is 0 Å². The van der Waals surface area contributed by atoms with Gasteiger partial charge in [-0.05, 0) is 38.8 Å². The van der Waals surface area contributed by atoms with Crippen LogP contribution >= 0.6 is 11.6 Å². The predicted molar refractivity (Wildman–Crippen MR) is 56.3 cm³/mol. The molecule has 0 unspecified atom stereocenters. The van der Waals surface area contributed by atoms with Gasteiger partial charge in [-0.3, -0.25) is 0 Å². The van der Waals surface area contributed by atoms with Crippen LogP contribution in [0.5, 0.6) is 0 Å². The maximum Gasteiger partial charge on any atom is 0.0365 e. The Morgan fingerprint density at radius 3 is 2.54 bits per heavy atom. The molecule has 0 spiro atoms. The van der Waals surface area contributed by atoms with Crippen LogP contribution in [0.1, 0.15) is 25.7 Å². The van der Waals surface area contributed by atoms with Gasteiger partial charge in [-0.1, -0.05) is 0 Å². The highest BCUT2D eigenvalue weighted by Gasteiger charge is 2.26. The summed E-state index contributed by atoms with van der Waals surface area (Å²) in [5.41, 5.74) is 0. The predicted octanol–water partition coefficient (Wildman–Crippen LogP) is 1.44. The number of hydrogen-bond donors (Lipinski definition) is 1. The Morgan fingerprint density at radius 2 is 1.92 bits per heavy atom. The van der Waals surface area contributed by atoms with Gasteiger partial charge in [0, 0.05) is 24.5 Å². The molecule has 0 aromatic carbocycles. The monoisotopic (exact) mass is 202 g/mol. The van der Waals surface area contributed by atoms with Crippen LogP contribution in [0.4, 0.5) is 0 Å². The molecule has 3 heteroatoms. The molecule has 0 atom stereocenters. The third kappa shape index (κ3) is 2.83. The second kappa shape index (κ2) is 4.63. The van der Waals surface area contributed by atoms with Crippen molar-refractivity contribution >= 4 is 11.6 Å². The summed E-state index contributed by atoms with van der Waals surface area (Å²) in [6, 6.07) is 0.713. The van der Waals surface area contributed by atoms with Gasteiger partial charge in [0.15, 0.2) is 0 Å². The number of halogens is 1. The molecule has 2 rings (SSSR count). The van der Waals surface area contributed by atoms with Gasteiger partial charge >= 0.3 is 0 Å². The van der Waals surface area contributed by atoms with E-state index in [1.54, 1.807) is 0 Å². The lowest BCUT2D eigenvalue weighted by atomic mass is 9.92. The summed E-state index contributed by atoms with van der Waals surface area (Å²) in [6.45, 7) is 4.99. The first kappa shape index (κ1) is 9.75. The molecule has 1 aliphatic carbocycles. The van der Waals surface area contributed by atoms with Crippen molar-refractivity contribution in [2.75, 3.05) is 26.2 Å². The van der Waals surface area contributed by atoms with Crippen molar-refractivity contribution in [1.82, 2.24) is 10.2 Å². The van der Waals surface area contributed by atoms with Crippen molar-refractivity contribution in [2.24, 2.45) is 0 Å². The van der Waals surface area contributed by atoms with Crippen LogP contribution in [-0.4, -0.2) is 42.5 Å².